The minimum atomic E-state index is -2.68. The van der Waals surface area contributed by atoms with Crippen LogP contribution in [0.1, 0.15) is 35.2 Å². The number of carbonyl (C=O) groups excluding carboxylic acids is 1. The molecule has 1 amide bonds. The van der Waals surface area contributed by atoms with Gasteiger partial charge >= 0.3 is 0 Å². The van der Waals surface area contributed by atoms with Gasteiger partial charge in [0.15, 0.2) is 5.69 Å². The van der Waals surface area contributed by atoms with Gasteiger partial charge in [-0.25, -0.2) is 8.78 Å². The minimum absolute atomic E-state index is 0.0669. The van der Waals surface area contributed by atoms with Crippen LogP contribution in [0.4, 0.5) is 14.5 Å². The molecule has 0 saturated carbocycles. The first-order valence-electron chi connectivity index (χ1n) is 7.24. The summed E-state index contributed by atoms with van der Waals surface area (Å²) in [5.74, 6) is -0.529. The van der Waals surface area contributed by atoms with Gasteiger partial charge in [0.25, 0.3) is 12.3 Å². The Balaban J connectivity index is 1.84. The van der Waals surface area contributed by atoms with Crippen molar-refractivity contribution in [3.05, 3.63) is 47.4 Å². The molecule has 0 aliphatic heterocycles. The van der Waals surface area contributed by atoms with Gasteiger partial charge < -0.3 is 9.88 Å². The van der Waals surface area contributed by atoms with Crippen molar-refractivity contribution in [1.29, 1.82) is 0 Å². The quantitative estimate of drug-likeness (QED) is 0.767. The number of hydrogen-bond donors (Lipinski definition) is 2. The predicted octanol–water partition coefficient (Wildman–Crippen LogP) is 3.88. The highest BCUT2D eigenvalue weighted by molar-refractivity contribution is 6.04. The lowest BCUT2D eigenvalue weighted by atomic mass is 10.2. The number of rotatable bonds is 4. The normalized spacial score (nSPS) is 11.3. The number of alkyl halides is 2. The summed E-state index contributed by atoms with van der Waals surface area (Å²) in [5, 5.41) is 9.45. The standard InChI is InChI=1S/C16H16F2N4O/c1-3-22-9(2)6-10-7-11(4-5-14(10)22)19-16(23)13-8-12(15(17)18)20-21-13/h4-8,15H,3H2,1-2H3,(H,19,23)(H,20,21). The molecular weight excluding hydrogens is 302 g/mol. The van der Waals surface area contributed by atoms with E-state index in [9.17, 15) is 13.6 Å². The van der Waals surface area contributed by atoms with Crippen molar-refractivity contribution in [1.82, 2.24) is 14.8 Å². The number of nitrogens with zero attached hydrogens (tertiary/aromatic N) is 2. The Kier molecular flexibility index (Phi) is 3.85. The lowest BCUT2D eigenvalue weighted by Crippen LogP contribution is -2.12. The second-order valence-corrected chi connectivity index (χ2v) is 5.27. The SMILES string of the molecule is CCn1c(C)cc2cc(NC(=O)c3cc(C(F)F)[nH]n3)ccc21. The number of hydrogen-bond acceptors (Lipinski definition) is 2. The molecular formula is C16H16F2N4O. The maximum absolute atomic E-state index is 12.5. The van der Waals surface area contributed by atoms with E-state index < -0.39 is 12.3 Å². The molecule has 0 atom stereocenters. The number of anilines is 1. The van der Waals surface area contributed by atoms with Gasteiger partial charge in [0, 0.05) is 28.8 Å². The van der Waals surface area contributed by atoms with E-state index in [-0.39, 0.29) is 11.4 Å². The largest absolute Gasteiger partial charge is 0.345 e. The number of halogens is 2. The Morgan fingerprint density at radius 3 is 2.78 bits per heavy atom. The highest BCUT2D eigenvalue weighted by atomic mass is 19.3. The van der Waals surface area contributed by atoms with Gasteiger partial charge in [-0.05, 0) is 44.2 Å². The fraction of sp³-hybridized carbons (Fsp3) is 0.250. The van der Waals surface area contributed by atoms with Gasteiger partial charge in [-0.2, -0.15) is 5.10 Å². The van der Waals surface area contributed by atoms with Crippen molar-refractivity contribution in [2.75, 3.05) is 5.32 Å². The Morgan fingerprint density at radius 2 is 2.13 bits per heavy atom. The van der Waals surface area contributed by atoms with E-state index in [0.29, 0.717) is 5.69 Å². The zero-order chi connectivity index (χ0) is 16.6. The Labute approximate surface area is 131 Å². The molecule has 23 heavy (non-hydrogen) atoms. The number of fused-ring (bicyclic) bond motifs is 1. The van der Waals surface area contributed by atoms with Crippen LogP contribution in [0.5, 0.6) is 0 Å². The molecule has 0 bridgehead atoms. The van der Waals surface area contributed by atoms with Crippen LogP contribution in [0.25, 0.3) is 10.9 Å². The molecule has 5 nitrogen and oxygen atoms in total. The molecule has 2 aromatic heterocycles. The summed E-state index contributed by atoms with van der Waals surface area (Å²) in [6, 6.07) is 8.66. The molecule has 2 heterocycles. The first kappa shape index (κ1) is 15.2. The number of nitrogens with one attached hydrogen (secondary N) is 2. The molecule has 7 heteroatoms. The Hall–Kier alpha value is -2.70. The monoisotopic (exact) mass is 318 g/mol. The molecule has 0 aliphatic rings. The molecule has 2 N–H and O–H groups in total. The maximum atomic E-state index is 12.5. The van der Waals surface area contributed by atoms with Crippen LogP contribution in [-0.2, 0) is 6.54 Å². The maximum Gasteiger partial charge on any atom is 0.279 e. The lowest BCUT2D eigenvalue weighted by Gasteiger charge is -2.06. The lowest BCUT2D eigenvalue weighted by molar-refractivity contribution is 0.102. The minimum Gasteiger partial charge on any atom is -0.345 e. The summed E-state index contributed by atoms with van der Waals surface area (Å²) in [6.07, 6.45) is -2.68. The third kappa shape index (κ3) is 2.81. The molecule has 3 aromatic rings. The van der Waals surface area contributed by atoms with Crippen LogP contribution in [0.2, 0.25) is 0 Å². The van der Waals surface area contributed by atoms with Crippen LogP contribution in [0, 0.1) is 6.92 Å². The molecule has 0 saturated heterocycles. The summed E-state index contributed by atoms with van der Waals surface area (Å²) in [6.45, 7) is 4.96. The van der Waals surface area contributed by atoms with Crippen molar-refractivity contribution in [2.24, 2.45) is 0 Å². The third-order valence-electron chi connectivity index (χ3n) is 3.75. The molecule has 120 valence electrons. The van der Waals surface area contributed by atoms with Gasteiger partial charge in [0.2, 0.25) is 0 Å². The highest BCUT2D eigenvalue weighted by Gasteiger charge is 2.16. The average Bonchev–Trinajstić information content (AvgIpc) is 3.10. The van der Waals surface area contributed by atoms with Crippen molar-refractivity contribution < 1.29 is 13.6 Å². The zero-order valence-electron chi connectivity index (χ0n) is 12.7. The molecule has 0 unspecified atom stereocenters. The Morgan fingerprint density at radius 1 is 1.35 bits per heavy atom. The molecule has 0 radical (unpaired) electrons. The van der Waals surface area contributed by atoms with Crippen LogP contribution in [0.3, 0.4) is 0 Å². The van der Waals surface area contributed by atoms with Crippen LogP contribution in [0.15, 0.2) is 30.3 Å². The van der Waals surface area contributed by atoms with Crippen molar-refractivity contribution in [3.63, 3.8) is 0 Å². The molecule has 3 rings (SSSR count). The van der Waals surface area contributed by atoms with Crippen molar-refractivity contribution in [2.45, 2.75) is 26.8 Å². The van der Waals surface area contributed by atoms with Gasteiger partial charge in [0.1, 0.15) is 5.69 Å². The Bertz CT molecular complexity index is 866. The molecule has 0 aliphatic carbocycles. The van der Waals surface area contributed by atoms with E-state index in [4.69, 9.17) is 0 Å². The molecule has 1 aromatic carbocycles. The fourth-order valence-electron chi connectivity index (χ4n) is 2.67. The van der Waals surface area contributed by atoms with Gasteiger partial charge in [-0.15, -0.1) is 0 Å². The predicted molar refractivity (Wildman–Crippen MR) is 83.8 cm³/mol. The van der Waals surface area contributed by atoms with Crippen LogP contribution in [-0.4, -0.2) is 20.7 Å². The number of aromatic nitrogens is 3. The number of aryl methyl sites for hydroxylation is 2. The fourth-order valence-corrected chi connectivity index (χ4v) is 2.67. The summed E-state index contributed by atoms with van der Waals surface area (Å²) < 4.78 is 27.2. The summed E-state index contributed by atoms with van der Waals surface area (Å²) in [4.78, 5) is 12.1. The number of H-pyrrole nitrogens is 1. The van der Waals surface area contributed by atoms with E-state index in [1.54, 1.807) is 6.07 Å². The topological polar surface area (TPSA) is 62.7 Å². The first-order chi connectivity index (χ1) is 11.0. The molecule has 0 fully saturated rings. The summed E-state index contributed by atoms with van der Waals surface area (Å²) in [5.41, 5.74) is 2.38. The average molecular weight is 318 g/mol. The number of benzene rings is 1. The van der Waals surface area contributed by atoms with E-state index >= 15 is 0 Å². The number of amides is 1. The van der Waals surface area contributed by atoms with Crippen LogP contribution < -0.4 is 5.32 Å². The van der Waals surface area contributed by atoms with E-state index in [1.165, 1.54) is 0 Å². The molecule has 0 spiro atoms. The number of aromatic amines is 1. The second kappa shape index (κ2) is 5.83. The van der Waals surface area contributed by atoms with Gasteiger partial charge in [0.05, 0.1) is 0 Å². The van der Waals surface area contributed by atoms with E-state index in [0.717, 1.165) is 29.2 Å². The summed E-state index contributed by atoms with van der Waals surface area (Å²) >= 11 is 0. The van der Waals surface area contributed by atoms with Crippen molar-refractivity contribution >= 4 is 22.5 Å². The van der Waals surface area contributed by atoms with E-state index in [1.807, 2.05) is 25.1 Å². The zero-order valence-corrected chi connectivity index (χ0v) is 12.7. The summed E-state index contributed by atoms with van der Waals surface area (Å²) in [7, 11) is 0. The number of carbonyl (C=O) groups is 1. The van der Waals surface area contributed by atoms with Gasteiger partial charge in [-0.1, -0.05) is 0 Å². The van der Waals surface area contributed by atoms with Crippen LogP contribution >= 0.6 is 0 Å². The van der Waals surface area contributed by atoms with Gasteiger partial charge in [-0.3, -0.25) is 9.89 Å². The highest BCUT2D eigenvalue weighted by Crippen LogP contribution is 2.24. The van der Waals surface area contributed by atoms with Crippen molar-refractivity contribution in [3.8, 4) is 0 Å². The second-order valence-electron chi connectivity index (χ2n) is 5.27. The first-order valence-corrected chi connectivity index (χ1v) is 7.24. The van der Waals surface area contributed by atoms with E-state index in [2.05, 4.69) is 27.0 Å². The smallest absolute Gasteiger partial charge is 0.279 e. The third-order valence-corrected chi connectivity index (χ3v) is 3.75.